The first-order valence-electron chi connectivity index (χ1n) is 13.4. The number of thioether (sulfide) groups is 1. The van der Waals surface area contributed by atoms with Gasteiger partial charge in [-0.05, 0) is 67.3 Å². The van der Waals surface area contributed by atoms with Crippen molar-refractivity contribution in [2.24, 2.45) is 4.99 Å². The van der Waals surface area contributed by atoms with E-state index in [0.717, 1.165) is 29.8 Å². The van der Waals surface area contributed by atoms with E-state index in [1.165, 1.54) is 23.6 Å². The Morgan fingerprint density at radius 1 is 1.10 bits per heavy atom. The van der Waals surface area contributed by atoms with Crippen molar-refractivity contribution in [3.05, 3.63) is 102 Å². The number of amides is 2. The Morgan fingerprint density at radius 3 is 2.85 bits per heavy atom. The minimum absolute atomic E-state index is 0.0309. The van der Waals surface area contributed by atoms with Crippen molar-refractivity contribution in [3.63, 3.8) is 0 Å². The molecule has 0 saturated carbocycles. The predicted molar refractivity (Wildman–Crippen MR) is 157 cm³/mol. The molecule has 11 heteroatoms. The number of carbonyl (C=O) groups excluding carboxylic acids is 2. The Hall–Kier alpha value is -4.64. The molecule has 1 unspecified atom stereocenters. The van der Waals surface area contributed by atoms with E-state index in [0.29, 0.717) is 17.5 Å². The lowest BCUT2D eigenvalue weighted by Gasteiger charge is -2.29. The number of carbonyl (C=O) groups is 2. The number of aryl methyl sites for hydroxylation is 2. The molecule has 2 aliphatic heterocycles. The molecular formula is C30H29N7O3S. The number of hydrogen-bond acceptors (Lipinski definition) is 8. The number of allylic oxidation sites excluding steroid dienone is 1. The normalized spacial score (nSPS) is 16.1. The molecule has 0 bridgehead atoms. The predicted octanol–water partition coefficient (Wildman–Crippen LogP) is 4.53. The fourth-order valence-electron chi connectivity index (χ4n) is 5.01. The summed E-state index contributed by atoms with van der Waals surface area (Å²) >= 11 is 1.35. The third-order valence-electron chi connectivity index (χ3n) is 6.96. The van der Waals surface area contributed by atoms with Gasteiger partial charge in [-0.2, -0.15) is 0 Å². The molecule has 208 valence electrons. The van der Waals surface area contributed by atoms with Crippen molar-refractivity contribution >= 4 is 35.5 Å². The second-order valence-corrected chi connectivity index (χ2v) is 10.7. The summed E-state index contributed by atoms with van der Waals surface area (Å²) in [6.07, 6.45) is 8.18. The van der Waals surface area contributed by atoms with Gasteiger partial charge in [-0.25, -0.2) is 0 Å². The zero-order chi connectivity index (χ0) is 28.2. The number of furan rings is 1. The maximum Gasteiger partial charge on any atom is 0.288 e. The summed E-state index contributed by atoms with van der Waals surface area (Å²) in [4.78, 5) is 34.3. The monoisotopic (exact) mass is 567 g/mol. The molecule has 10 nitrogen and oxygen atoms in total. The Bertz CT molecular complexity index is 1610. The summed E-state index contributed by atoms with van der Waals surface area (Å²) in [6.45, 7) is 2.90. The van der Waals surface area contributed by atoms with Crippen LogP contribution in [-0.2, 0) is 11.2 Å². The highest BCUT2D eigenvalue weighted by Gasteiger charge is 2.29. The molecule has 2 aliphatic rings. The average Bonchev–Trinajstić information content (AvgIpc) is 3.69. The van der Waals surface area contributed by atoms with Gasteiger partial charge in [0.2, 0.25) is 5.91 Å². The number of benzene rings is 2. The molecule has 4 aromatic rings. The van der Waals surface area contributed by atoms with E-state index in [9.17, 15) is 9.59 Å². The fourth-order valence-corrected chi connectivity index (χ4v) is 5.84. The molecule has 0 spiro atoms. The van der Waals surface area contributed by atoms with Crippen LogP contribution in [0.15, 0.2) is 93.8 Å². The van der Waals surface area contributed by atoms with Gasteiger partial charge in [0.15, 0.2) is 22.9 Å². The zero-order valence-electron chi connectivity index (χ0n) is 22.5. The van der Waals surface area contributed by atoms with Crippen LogP contribution < -0.4 is 10.2 Å². The van der Waals surface area contributed by atoms with E-state index >= 15 is 0 Å². The number of aromatic nitrogens is 3. The molecular weight excluding hydrogens is 538 g/mol. The highest BCUT2D eigenvalue weighted by molar-refractivity contribution is 7.99. The Labute approximate surface area is 241 Å². The number of nitrogens with one attached hydrogen (secondary N) is 1. The Morgan fingerprint density at radius 2 is 2.00 bits per heavy atom. The molecule has 1 atom stereocenters. The van der Waals surface area contributed by atoms with Gasteiger partial charge in [-0.3, -0.25) is 19.1 Å². The first-order valence-corrected chi connectivity index (χ1v) is 14.4. The van der Waals surface area contributed by atoms with E-state index in [-0.39, 0.29) is 30.0 Å². The molecule has 0 aliphatic carbocycles. The average molecular weight is 568 g/mol. The number of rotatable bonds is 8. The van der Waals surface area contributed by atoms with E-state index < -0.39 is 6.17 Å². The number of anilines is 1. The lowest BCUT2D eigenvalue weighted by molar-refractivity contribution is -0.116. The lowest BCUT2D eigenvalue weighted by Crippen LogP contribution is -2.38. The van der Waals surface area contributed by atoms with Gasteiger partial charge in [-0.15, -0.1) is 10.2 Å². The molecule has 41 heavy (non-hydrogen) atoms. The number of para-hydroxylation sites is 1. The molecule has 6 rings (SSSR count). The quantitative estimate of drug-likeness (QED) is 0.312. The first-order chi connectivity index (χ1) is 20.1. The third-order valence-corrected chi connectivity index (χ3v) is 7.87. The molecule has 1 N–H and O–H groups in total. The van der Waals surface area contributed by atoms with E-state index in [1.54, 1.807) is 24.4 Å². The van der Waals surface area contributed by atoms with Crippen LogP contribution in [0.4, 0.5) is 5.69 Å². The summed E-state index contributed by atoms with van der Waals surface area (Å²) in [5.41, 5.74) is 4.13. The van der Waals surface area contributed by atoms with Crippen LogP contribution in [0.2, 0.25) is 0 Å². The van der Waals surface area contributed by atoms with Gasteiger partial charge in [0.05, 0.1) is 18.7 Å². The zero-order valence-corrected chi connectivity index (χ0v) is 23.3. The molecule has 2 amide bonds. The largest absolute Gasteiger partial charge is 0.459 e. The number of aliphatic imine (C=N–C) groups is 1. The molecule has 4 heterocycles. The van der Waals surface area contributed by atoms with Crippen molar-refractivity contribution in [2.75, 3.05) is 23.9 Å². The summed E-state index contributed by atoms with van der Waals surface area (Å²) in [7, 11) is 0. The van der Waals surface area contributed by atoms with Crippen molar-refractivity contribution in [1.29, 1.82) is 0 Å². The number of hydrogen-bond donors (Lipinski definition) is 1. The summed E-state index contributed by atoms with van der Waals surface area (Å²) in [5, 5.41) is 12.5. The van der Waals surface area contributed by atoms with Gasteiger partial charge >= 0.3 is 0 Å². The van der Waals surface area contributed by atoms with Gasteiger partial charge < -0.3 is 19.5 Å². The van der Waals surface area contributed by atoms with Crippen molar-refractivity contribution < 1.29 is 14.0 Å². The van der Waals surface area contributed by atoms with E-state index in [1.807, 2.05) is 70.0 Å². The van der Waals surface area contributed by atoms with Crippen LogP contribution in [0.3, 0.4) is 0 Å². The van der Waals surface area contributed by atoms with Gasteiger partial charge in [0, 0.05) is 30.3 Å². The molecule has 2 aromatic heterocycles. The summed E-state index contributed by atoms with van der Waals surface area (Å²) in [6, 6.07) is 19.4. The van der Waals surface area contributed by atoms with Crippen molar-refractivity contribution in [1.82, 2.24) is 25.0 Å². The molecule has 0 fully saturated rings. The van der Waals surface area contributed by atoms with Crippen LogP contribution in [0.5, 0.6) is 0 Å². The standard InChI is InChI=1S/C30H29N7O3S/c1-21-8-4-11-23(18-21)37-28(27-31-14-7-15-35(27)20-32-29(39)25-13-6-17-40-25)33-34-30(37)41-19-26(38)36-16-5-10-22-9-2-3-12-24(22)36/h2-4,6-9,11-15,17-18,27H,5,10,16,19-20H2,1H3,(H,32,39). The summed E-state index contributed by atoms with van der Waals surface area (Å²) in [5.74, 6) is 0.722. The number of fused-ring (bicyclic) bond motifs is 1. The Balaban J connectivity index is 1.26. The minimum atomic E-state index is -0.552. The smallest absolute Gasteiger partial charge is 0.288 e. The summed E-state index contributed by atoms with van der Waals surface area (Å²) < 4.78 is 7.15. The van der Waals surface area contributed by atoms with Crippen molar-refractivity contribution in [2.45, 2.75) is 31.1 Å². The lowest BCUT2D eigenvalue weighted by atomic mass is 10.0. The third kappa shape index (κ3) is 5.66. The maximum atomic E-state index is 13.4. The second-order valence-electron chi connectivity index (χ2n) is 9.75. The van der Waals surface area contributed by atoms with Gasteiger partial charge in [0.25, 0.3) is 5.91 Å². The fraction of sp³-hybridized carbons (Fsp3) is 0.233. The first kappa shape index (κ1) is 26.6. The van der Waals surface area contributed by atoms with Gasteiger partial charge in [-0.1, -0.05) is 42.1 Å². The maximum absolute atomic E-state index is 13.4. The second kappa shape index (κ2) is 11.8. The molecule has 0 radical (unpaired) electrons. The SMILES string of the molecule is Cc1cccc(-n2c(SCC(=O)N3CCCc4ccccc43)nnc2C2N=CC=CN2CNC(=O)c2ccco2)c1. The van der Waals surface area contributed by atoms with Crippen LogP contribution >= 0.6 is 11.8 Å². The number of nitrogens with zero attached hydrogens (tertiary/aromatic N) is 6. The topological polar surface area (TPSA) is 109 Å². The van der Waals surface area contributed by atoms with Crippen molar-refractivity contribution in [3.8, 4) is 5.69 Å². The highest BCUT2D eigenvalue weighted by atomic mass is 32.2. The van der Waals surface area contributed by atoms with Crippen LogP contribution in [0.25, 0.3) is 5.69 Å². The van der Waals surface area contributed by atoms with E-state index in [4.69, 9.17) is 4.42 Å². The van der Waals surface area contributed by atoms with Gasteiger partial charge in [0.1, 0.15) is 0 Å². The molecule has 0 saturated heterocycles. The molecule has 2 aromatic carbocycles. The highest BCUT2D eigenvalue weighted by Crippen LogP contribution is 2.32. The van der Waals surface area contributed by atoms with Crippen LogP contribution in [-0.4, -0.2) is 56.7 Å². The Kier molecular flexibility index (Phi) is 7.68. The van der Waals surface area contributed by atoms with Crippen LogP contribution in [0, 0.1) is 6.92 Å². The van der Waals surface area contributed by atoms with Crippen LogP contribution in [0.1, 0.15) is 40.1 Å². The minimum Gasteiger partial charge on any atom is -0.459 e. The van der Waals surface area contributed by atoms with E-state index in [2.05, 4.69) is 26.6 Å².